The van der Waals surface area contributed by atoms with Crippen molar-refractivity contribution in [1.82, 2.24) is 4.98 Å². The highest BCUT2D eigenvalue weighted by Gasteiger charge is 2.23. The molecule has 0 spiro atoms. The van der Waals surface area contributed by atoms with Crippen LogP contribution in [0.1, 0.15) is 19.5 Å². The van der Waals surface area contributed by atoms with Gasteiger partial charge in [0.25, 0.3) is 0 Å². The van der Waals surface area contributed by atoms with Gasteiger partial charge in [-0.1, -0.05) is 0 Å². The number of rotatable bonds is 2. The summed E-state index contributed by atoms with van der Waals surface area (Å²) in [4.78, 5) is 6.34. The number of nitrogens with one attached hydrogen (secondary N) is 1. The monoisotopic (exact) mass is 234 g/mol. The largest absolute Gasteiger partial charge is 0.382 e. The molecule has 0 saturated carbocycles. The fourth-order valence-electron chi connectivity index (χ4n) is 2.01. The summed E-state index contributed by atoms with van der Waals surface area (Å²) in [5.41, 5.74) is 7.02. The number of pyridine rings is 1. The van der Waals surface area contributed by atoms with Crippen LogP contribution >= 0.6 is 0 Å². The fraction of sp³-hybridized carbons (Fsp3) is 0.500. The molecule has 2 rings (SSSR count). The maximum absolute atomic E-state index is 7.41. The van der Waals surface area contributed by atoms with E-state index in [0.717, 1.165) is 18.8 Å². The molecule has 1 saturated heterocycles. The predicted molar refractivity (Wildman–Crippen MR) is 67.5 cm³/mol. The zero-order valence-electron chi connectivity index (χ0n) is 10.2. The van der Waals surface area contributed by atoms with Crippen molar-refractivity contribution in [2.75, 3.05) is 18.1 Å². The third-order valence-electron chi connectivity index (χ3n) is 2.96. The zero-order chi connectivity index (χ0) is 12.4. The molecule has 92 valence electrons. The molecule has 17 heavy (non-hydrogen) atoms. The second-order valence-electron chi connectivity index (χ2n) is 4.46. The van der Waals surface area contributed by atoms with Gasteiger partial charge in [0.2, 0.25) is 0 Å². The van der Waals surface area contributed by atoms with Crippen LogP contribution in [0.15, 0.2) is 18.3 Å². The molecular weight excluding hydrogens is 216 g/mol. The van der Waals surface area contributed by atoms with Gasteiger partial charge in [-0.05, 0) is 26.0 Å². The van der Waals surface area contributed by atoms with Crippen molar-refractivity contribution in [3.8, 4) is 0 Å². The van der Waals surface area contributed by atoms with Gasteiger partial charge >= 0.3 is 0 Å². The van der Waals surface area contributed by atoms with E-state index in [0.29, 0.717) is 11.7 Å². The van der Waals surface area contributed by atoms with Gasteiger partial charge in [0.1, 0.15) is 11.5 Å². The standard InChI is InChI=1S/C12H18N4O/c1-8-7-17-9(2)6-16(8)10-3-4-15-11(5-10)12(13)14/h3-5,8-9H,6-7H2,1-2H3,(H3,13,14). The molecule has 0 aromatic carbocycles. The summed E-state index contributed by atoms with van der Waals surface area (Å²) in [6, 6.07) is 4.13. The van der Waals surface area contributed by atoms with Crippen molar-refractivity contribution in [3.63, 3.8) is 0 Å². The van der Waals surface area contributed by atoms with Crippen LogP contribution in [0.5, 0.6) is 0 Å². The van der Waals surface area contributed by atoms with E-state index in [9.17, 15) is 0 Å². The van der Waals surface area contributed by atoms with Gasteiger partial charge in [-0.25, -0.2) is 0 Å². The molecule has 1 aliphatic rings. The van der Waals surface area contributed by atoms with E-state index in [1.165, 1.54) is 0 Å². The molecular formula is C12H18N4O. The minimum Gasteiger partial charge on any atom is -0.382 e. The summed E-state index contributed by atoms with van der Waals surface area (Å²) in [5, 5.41) is 7.41. The Hall–Kier alpha value is -1.62. The first kappa shape index (κ1) is 11.9. The molecule has 0 amide bonds. The van der Waals surface area contributed by atoms with Crippen LogP contribution in [0.4, 0.5) is 5.69 Å². The lowest BCUT2D eigenvalue weighted by atomic mass is 10.1. The van der Waals surface area contributed by atoms with Gasteiger partial charge in [0.15, 0.2) is 0 Å². The summed E-state index contributed by atoms with van der Waals surface area (Å²) >= 11 is 0. The predicted octanol–water partition coefficient (Wildman–Crippen LogP) is 0.979. The van der Waals surface area contributed by atoms with Gasteiger partial charge in [-0.15, -0.1) is 0 Å². The molecule has 2 atom stereocenters. The average Bonchev–Trinajstić information content (AvgIpc) is 2.32. The van der Waals surface area contributed by atoms with Crippen LogP contribution in [0.25, 0.3) is 0 Å². The Bertz CT molecular complexity index is 421. The van der Waals surface area contributed by atoms with Crippen molar-refractivity contribution in [2.24, 2.45) is 5.73 Å². The maximum Gasteiger partial charge on any atom is 0.141 e. The minimum absolute atomic E-state index is 0.000751. The van der Waals surface area contributed by atoms with E-state index in [4.69, 9.17) is 15.9 Å². The molecule has 0 bridgehead atoms. The van der Waals surface area contributed by atoms with E-state index in [2.05, 4.69) is 23.7 Å². The van der Waals surface area contributed by atoms with Crippen LogP contribution in [0, 0.1) is 5.41 Å². The number of ether oxygens (including phenoxy) is 1. The number of hydrogen-bond donors (Lipinski definition) is 2. The third kappa shape index (κ3) is 2.55. The molecule has 1 aliphatic heterocycles. The summed E-state index contributed by atoms with van der Waals surface area (Å²) in [5.74, 6) is 0.000751. The summed E-state index contributed by atoms with van der Waals surface area (Å²) < 4.78 is 5.60. The Morgan fingerprint density at radius 3 is 3.06 bits per heavy atom. The number of nitrogens with two attached hydrogens (primary N) is 1. The maximum atomic E-state index is 7.41. The molecule has 0 aliphatic carbocycles. The van der Waals surface area contributed by atoms with E-state index in [1.807, 2.05) is 12.1 Å². The van der Waals surface area contributed by atoms with E-state index >= 15 is 0 Å². The molecule has 1 aromatic rings. The molecule has 1 fully saturated rings. The SMILES string of the molecule is CC1CN(c2ccnc(C(=N)N)c2)C(C)CO1. The first-order valence-corrected chi connectivity index (χ1v) is 5.76. The summed E-state index contributed by atoms with van der Waals surface area (Å²) in [6.07, 6.45) is 1.92. The van der Waals surface area contributed by atoms with Crippen LogP contribution in [0.2, 0.25) is 0 Å². The number of aromatic nitrogens is 1. The lowest BCUT2D eigenvalue weighted by molar-refractivity contribution is 0.0344. The second kappa shape index (κ2) is 4.71. The third-order valence-corrected chi connectivity index (χ3v) is 2.96. The minimum atomic E-state index is 0.000751. The highest BCUT2D eigenvalue weighted by Crippen LogP contribution is 2.21. The average molecular weight is 234 g/mol. The van der Waals surface area contributed by atoms with Gasteiger partial charge in [0.05, 0.1) is 12.7 Å². The molecule has 3 N–H and O–H groups in total. The number of anilines is 1. The van der Waals surface area contributed by atoms with Crippen molar-refractivity contribution in [3.05, 3.63) is 24.0 Å². The first-order valence-electron chi connectivity index (χ1n) is 5.76. The normalized spacial score (nSPS) is 24.7. The van der Waals surface area contributed by atoms with Gasteiger partial charge in [-0.2, -0.15) is 0 Å². The number of amidine groups is 1. The summed E-state index contributed by atoms with van der Waals surface area (Å²) in [6.45, 7) is 5.76. The Balaban J connectivity index is 2.26. The zero-order valence-corrected chi connectivity index (χ0v) is 10.2. The Morgan fingerprint density at radius 2 is 2.35 bits per heavy atom. The Morgan fingerprint density at radius 1 is 1.59 bits per heavy atom. The second-order valence-corrected chi connectivity index (χ2v) is 4.46. The highest BCUT2D eigenvalue weighted by molar-refractivity contribution is 5.93. The smallest absolute Gasteiger partial charge is 0.141 e. The van der Waals surface area contributed by atoms with Crippen LogP contribution < -0.4 is 10.6 Å². The first-order chi connectivity index (χ1) is 8.08. The fourth-order valence-corrected chi connectivity index (χ4v) is 2.01. The highest BCUT2D eigenvalue weighted by atomic mass is 16.5. The van der Waals surface area contributed by atoms with Crippen LogP contribution in [0.3, 0.4) is 0 Å². The lowest BCUT2D eigenvalue weighted by Crippen LogP contribution is -2.47. The van der Waals surface area contributed by atoms with Gasteiger partial charge in [0, 0.05) is 24.5 Å². The van der Waals surface area contributed by atoms with E-state index in [1.54, 1.807) is 6.20 Å². The molecule has 1 aromatic heterocycles. The van der Waals surface area contributed by atoms with E-state index < -0.39 is 0 Å². The number of nitrogen functional groups attached to an aromatic ring is 1. The molecule has 0 radical (unpaired) electrons. The van der Waals surface area contributed by atoms with Crippen molar-refractivity contribution < 1.29 is 4.74 Å². The number of morpholine rings is 1. The topological polar surface area (TPSA) is 75.2 Å². The Labute approximate surface area is 101 Å². The molecule has 5 nitrogen and oxygen atoms in total. The molecule has 2 unspecified atom stereocenters. The quantitative estimate of drug-likeness (QED) is 0.591. The molecule has 2 heterocycles. The molecule has 5 heteroatoms. The van der Waals surface area contributed by atoms with Crippen LogP contribution in [-0.2, 0) is 4.74 Å². The van der Waals surface area contributed by atoms with Gasteiger partial charge < -0.3 is 15.4 Å². The summed E-state index contributed by atoms with van der Waals surface area (Å²) in [7, 11) is 0. The van der Waals surface area contributed by atoms with Crippen molar-refractivity contribution in [1.29, 1.82) is 5.41 Å². The van der Waals surface area contributed by atoms with Crippen molar-refractivity contribution in [2.45, 2.75) is 26.0 Å². The lowest BCUT2D eigenvalue weighted by Gasteiger charge is -2.38. The van der Waals surface area contributed by atoms with E-state index in [-0.39, 0.29) is 11.9 Å². The van der Waals surface area contributed by atoms with Gasteiger partial charge in [-0.3, -0.25) is 10.4 Å². The van der Waals surface area contributed by atoms with Crippen LogP contribution in [-0.4, -0.2) is 36.1 Å². The Kier molecular flexibility index (Phi) is 3.28. The number of nitrogens with zero attached hydrogens (tertiary/aromatic N) is 2. The van der Waals surface area contributed by atoms with Crippen molar-refractivity contribution >= 4 is 11.5 Å². The number of hydrogen-bond acceptors (Lipinski definition) is 4.